The summed E-state index contributed by atoms with van der Waals surface area (Å²) < 4.78 is 10.9. The molecule has 0 bridgehead atoms. The Morgan fingerprint density at radius 1 is 1.09 bits per heavy atom. The van der Waals surface area contributed by atoms with Gasteiger partial charge in [-0.1, -0.05) is 35.9 Å². The lowest BCUT2D eigenvalue weighted by atomic mass is 9.95. The molecule has 180 valence electrons. The number of piperazine rings is 1. The maximum absolute atomic E-state index is 13.0. The van der Waals surface area contributed by atoms with Crippen molar-refractivity contribution in [3.05, 3.63) is 70.4 Å². The van der Waals surface area contributed by atoms with E-state index in [1.165, 1.54) is 0 Å². The predicted octanol–water partition coefficient (Wildman–Crippen LogP) is 3.34. The first kappa shape index (κ1) is 23.9. The number of hydrogen-bond acceptors (Lipinski definition) is 6. The molecule has 2 heterocycles. The minimum Gasteiger partial charge on any atom is -0.495 e. The second-order valence-corrected chi connectivity index (χ2v) is 8.57. The van der Waals surface area contributed by atoms with Crippen LogP contribution < -0.4 is 20.3 Å². The Morgan fingerprint density at radius 2 is 1.79 bits per heavy atom. The molecule has 0 unspecified atom stereocenters. The Balaban J connectivity index is 1.55. The molecule has 34 heavy (non-hydrogen) atoms. The number of para-hydroxylation sites is 2. The van der Waals surface area contributed by atoms with E-state index in [2.05, 4.69) is 26.5 Å². The second kappa shape index (κ2) is 10.8. The number of nitrogens with zero attached hydrogens (tertiary/aromatic N) is 2. The number of urea groups is 1. The molecule has 2 aliphatic heterocycles. The summed E-state index contributed by atoms with van der Waals surface area (Å²) in [7, 11) is 1.68. The van der Waals surface area contributed by atoms with E-state index in [0.29, 0.717) is 22.8 Å². The van der Waals surface area contributed by atoms with Gasteiger partial charge >= 0.3 is 12.0 Å². The smallest absolute Gasteiger partial charge is 0.338 e. The van der Waals surface area contributed by atoms with Crippen LogP contribution in [-0.2, 0) is 9.53 Å². The van der Waals surface area contributed by atoms with Gasteiger partial charge in [-0.3, -0.25) is 4.90 Å². The third kappa shape index (κ3) is 5.29. The second-order valence-electron chi connectivity index (χ2n) is 8.13. The van der Waals surface area contributed by atoms with E-state index < -0.39 is 12.0 Å². The van der Waals surface area contributed by atoms with E-state index in [1.807, 2.05) is 30.3 Å². The largest absolute Gasteiger partial charge is 0.495 e. The topological polar surface area (TPSA) is 83.1 Å². The van der Waals surface area contributed by atoms with Crippen molar-refractivity contribution in [2.24, 2.45) is 0 Å². The summed E-state index contributed by atoms with van der Waals surface area (Å²) >= 11 is 6.04. The summed E-state index contributed by atoms with van der Waals surface area (Å²) in [6.45, 7) is 5.59. The average molecular weight is 485 g/mol. The van der Waals surface area contributed by atoms with E-state index in [9.17, 15) is 9.59 Å². The van der Waals surface area contributed by atoms with Crippen molar-refractivity contribution in [3.63, 3.8) is 0 Å². The Hall–Kier alpha value is -3.23. The highest BCUT2D eigenvalue weighted by Gasteiger charge is 2.34. The molecule has 1 fully saturated rings. The number of benzene rings is 2. The van der Waals surface area contributed by atoms with Crippen LogP contribution in [0, 0.1) is 0 Å². The molecule has 1 saturated heterocycles. The lowest BCUT2D eigenvalue weighted by Crippen LogP contribution is -2.51. The lowest BCUT2D eigenvalue weighted by Gasteiger charge is -2.38. The van der Waals surface area contributed by atoms with Crippen LogP contribution in [0.4, 0.5) is 10.5 Å². The molecule has 9 heteroatoms. The van der Waals surface area contributed by atoms with Gasteiger partial charge in [0.05, 0.1) is 31.0 Å². The van der Waals surface area contributed by atoms with Crippen molar-refractivity contribution >= 4 is 29.3 Å². The lowest BCUT2D eigenvalue weighted by molar-refractivity contribution is -0.139. The van der Waals surface area contributed by atoms with Crippen LogP contribution in [0.5, 0.6) is 5.75 Å². The van der Waals surface area contributed by atoms with Crippen LogP contribution in [0.1, 0.15) is 18.5 Å². The number of esters is 1. The molecule has 1 atom stereocenters. The van der Waals surface area contributed by atoms with Crippen molar-refractivity contribution in [1.82, 2.24) is 15.5 Å². The SMILES string of the molecule is CCOC(=O)C1=C(CN2CCN(c3ccccc3OC)CC2)NC(=O)N[C@H]1c1ccc(Cl)cc1. The minimum atomic E-state index is -0.616. The standard InChI is InChI=1S/C25H29ClN4O4/c1-3-34-24(31)22-19(27-25(32)28-23(22)17-8-10-18(26)11-9-17)16-29-12-14-30(15-13-29)20-6-4-5-7-21(20)33-2/h4-11,23H,3,12-16H2,1-2H3,(H2,27,28,32)/t23-/m0/s1. The number of nitrogens with one attached hydrogen (secondary N) is 2. The molecule has 0 aromatic heterocycles. The molecule has 8 nitrogen and oxygen atoms in total. The molecular formula is C25H29ClN4O4. The normalized spacial score (nSPS) is 18.9. The summed E-state index contributed by atoms with van der Waals surface area (Å²) in [5.41, 5.74) is 2.80. The number of carbonyl (C=O) groups excluding carboxylic acids is 2. The molecule has 2 aromatic rings. The van der Waals surface area contributed by atoms with Crippen LogP contribution in [0.2, 0.25) is 5.02 Å². The molecule has 4 rings (SSSR count). The predicted molar refractivity (Wildman–Crippen MR) is 131 cm³/mol. The van der Waals surface area contributed by atoms with E-state index in [4.69, 9.17) is 21.1 Å². The fourth-order valence-electron chi connectivity index (χ4n) is 4.36. The highest BCUT2D eigenvalue weighted by atomic mass is 35.5. The quantitative estimate of drug-likeness (QED) is 0.586. The van der Waals surface area contributed by atoms with Crippen LogP contribution in [0.15, 0.2) is 59.8 Å². The zero-order valence-corrected chi connectivity index (χ0v) is 20.1. The number of amides is 2. The third-order valence-electron chi connectivity index (χ3n) is 6.03. The summed E-state index contributed by atoms with van der Waals surface area (Å²) in [5, 5.41) is 6.29. The van der Waals surface area contributed by atoms with E-state index >= 15 is 0 Å². The molecular weight excluding hydrogens is 456 g/mol. The minimum absolute atomic E-state index is 0.245. The number of ether oxygens (including phenoxy) is 2. The van der Waals surface area contributed by atoms with E-state index in [-0.39, 0.29) is 12.6 Å². The molecule has 2 amide bonds. The Bertz CT molecular complexity index is 1060. The number of hydrogen-bond donors (Lipinski definition) is 2. The fraction of sp³-hybridized carbons (Fsp3) is 0.360. The first-order valence-corrected chi connectivity index (χ1v) is 11.7. The number of methoxy groups -OCH3 is 1. The third-order valence-corrected chi connectivity index (χ3v) is 6.28. The van der Waals surface area contributed by atoms with Crippen molar-refractivity contribution in [3.8, 4) is 5.75 Å². The van der Waals surface area contributed by atoms with E-state index in [0.717, 1.165) is 43.2 Å². The highest BCUT2D eigenvalue weighted by Crippen LogP contribution is 2.31. The molecule has 2 aromatic carbocycles. The maximum atomic E-state index is 13.0. The molecule has 0 aliphatic carbocycles. The first-order valence-electron chi connectivity index (χ1n) is 11.3. The van der Waals surface area contributed by atoms with Crippen LogP contribution in [0.25, 0.3) is 0 Å². The molecule has 2 aliphatic rings. The van der Waals surface area contributed by atoms with Gasteiger partial charge in [0.25, 0.3) is 0 Å². The fourth-order valence-corrected chi connectivity index (χ4v) is 4.49. The van der Waals surface area contributed by atoms with Crippen molar-refractivity contribution in [1.29, 1.82) is 0 Å². The maximum Gasteiger partial charge on any atom is 0.338 e. The van der Waals surface area contributed by atoms with Crippen molar-refractivity contribution in [2.75, 3.05) is 51.3 Å². The summed E-state index contributed by atoms with van der Waals surface area (Å²) in [5.74, 6) is 0.400. The van der Waals surface area contributed by atoms with Gasteiger partial charge in [0.2, 0.25) is 0 Å². The summed E-state index contributed by atoms with van der Waals surface area (Å²) in [4.78, 5) is 30.0. The molecule has 0 saturated carbocycles. The number of anilines is 1. The van der Waals surface area contributed by atoms with Gasteiger partial charge in [-0.15, -0.1) is 0 Å². The first-order chi connectivity index (χ1) is 16.5. The van der Waals surface area contributed by atoms with Crippen LogP contribution in [-0.4, -0.2) is 63.3 Å². The molecule has 0 radical (unpaired) electrons. The monoisotopic (exact) mass is 484 g/mol. The molecule has 2 N–H and O–H groups in total. The highest BCUT2D eigenvalue weighted by molar-refractivity contribution is 6.30. The zero-order chi connectivity index (χ0) is 24.1. The van der Waals surface area contributed by atoms with Gasteiger partial charge in [-0.2, -0.15) is 0 Å². The van der Waals surface area contributed by atoms with Crippen LogP contribution >= 0.6 is 11.6 Å². The number of halogens is 1. The molecule has 0 spiro atoms. The van der Waals surface area contributed by atoms with Gasteiger partial charge in [0, 0.05) is 43.4 Å². The Kier molecular flexibility index (Phi) is 7.59. The van der Waals surface area contributed by atoms with Gasteiger partial charge in [-0.05, 0) is 36.8 Å². The average Bonchev–Trinajstić information content (AvgIpc) is 2.84. The van der Waals surface area contributed by atoms with Gasteiger partial charge < -0.3 is 25.0 Å². The number of carbonyl (C=O) groups is 2. The van der Waals surface area contributed by atoms with Gasteiger partial charge in [0.15, 0.2) is 0 Å². The van der Waals surface area contributed by atoms with Crippen molar-refractivity contribution in [2.45, 2.75) is 13.0 Å². The van der Waals surface area contributed by atoms with Gasteiger partial charge in [-0.25, -0.2) is 9.59 Å². The summed E-state index contributed by atoms with van der Waals surface area (Å²) in [6, 6.07) is 14.1. The van der Waals surface area contributed by atoms with Crippen molar-refractivity contribution < 1.29 is 19.1 Å². The summed E-state index contributed by atoms with van der Waals surface area (Å²) in [6.07, 6.45) is 0. The van der Waals surface area contributed by atoms with E-state index in [1.54, 1.807) is 26.2 Å². The van der Waals surface area contributed by atoms with Crippen LogP contribution in [0.3, 0.4) is 0 Å². The Morgan fingerprint density at radius 3 is 2.47 bits per heavy atom. The van der Waals surface area contributed by atoms with Gasteiger partial charge in [0.1, 0.15) is 5.75 Å². The Labute approximate surface area is 204 Å². The number of rotatable bonds is 7. The zero-order valence-electron chi connectivity index (χ0n) is 19.3.